The smallest absolute Gasteiger partial charge is 0.167 e. The average Bonchev–Trinajstić information content (AvgIpc) is 2.53. The van der Waals surface area contributed by atoms with Gasteiger partial charge in [-0.15, -0.1) is 0 Å². The van der Waals surface area contributed by atoms with Crippen LogP contribution in [0.4, 0.5) is 0 Å². The number of carbonyl (C=O) groups excluding carboxylic acids is 1. The summed E-state index contributed by atoms with van der Waals surface area (Å²) in [5.74, 6) is 0.962. The summed E-state index contributed by atoms with van der Waals surface area (Å²) < 4.78 is 0. The molecule has 1 rings (SSSR count). The first kappa shape index (κ1) is 10.0. The molecule has 0 aromatic carbocycles. The third-order valence-corrected chi connectivity index (χ3v) is 2.16. The molecule has 13 heavy (non-hydrogen) atoms. The highest BCUT2D eigenvalue weighted by atomic mass is 16.1. The molecule has 0 bridgehead atoms. The van der Waals surface area contributed by atoms with E-state index in [1.54, 1.807) is 12.4 Å². The molecule has 0 amide bonds. The number of nitrogens with one attached hydrogen (secondary N) is 1. The van der Waals surface area contributed by atoms with E-state index in [9.17, 15) is 4.79 Å². The van der Waals surface area contributed by atoms with Crippen molar-refractivity contribution in [2.24, 2.45) is 11.8 Å². The van der Waals surface area contributed by atoms with Crippen molar-refractivity contribution >= 4 is 5.78 Å². The van der Waals surface area contributed by atoms with E-state index in [0.29, 0.717) is 5.92 Å². The van der Waals surface area contributed by atoms with Gasteiger partial charge in [-0.25, -0.2) is 0 Å². The summed E-state index contributed by atoms with van der Waals surface area (Å²) >= 11 is 0. The quantitative estimate of drug-likeness (QED) is 0.708. The minimum Gasteiger partial charge on any atom is -0.367 e. The normalized spacial score (nSPS) is 13.2. The van der Waals surface area contributed by atoms with Crippen LogP contribution in [0.25, 0.3) is 0 Å². The molecule has 1 aromatic rings. The number of aromatic nitrogens is 1. The number of hydrogen-bond acceptors (Lipinski definition) is 1. The monoisotopic (exact) mass is 179 g/mol. The Morgan fingerprint density at radius 1 is 1.46 bits per heavy atom. The van der Waals surface area contributed by atoms with Gasteiger partial charge in [0.25, 0.3) is 0 Å². The van der Waals surface area contributed by atoms with E-state index in [1.807, 2.05) is 13.0 Å². The molecule has 1 atom stereocenters. The third kappa shape index (κ3) is 2.72. The van der Waals surface area contributed by atoms with E-state index in [4.69, 9.17) is 0 Å². The van der Waals surface area contributed by atoms with Gasteiger partial charge in [-0.1, -0.05) is 20.8 Å². The molecule has 1 aromatic heterocycles. The maximum Gasteiger partial charge on any atom is 0.167 e. The van der Waals surface area contributed by atoms with E-state index in [-0.39, 0.29) is 11.7 Å². The van der Waals surface area contributed by atoms with Crippen LogP contribution in [0.15, 0.2) is 18.5 Å². The molecule has 0 aliphatic heterocycles. The Labute approximate surface area is 79.4 Å². The van der Waals surface area contributed by atoms with Crippen LogP contribution in [0.2, 0.25) is 0 Å². The molecule has 1 unspecified atom stereocenters. The molecule has 2 nitrogen and oxygen atoms in total. The topological polar surface area (TPSA) is 32.9 Å². The van der Waals surface area contributed by atoms with Crippen molar-refractivity contribution in [2.75, 3.05) is 0 Å². The van der Waals surface area contributed by atoms with Crippen LogP contribution >= 0.6 is 0 Å². The van der Waals surface area contributed by atoms with Crippen LogP contribution in [-0.2, 0) is 0 Å². The molecule has 72 valence electrons. The highest BCUT2D eigenvalue weighted by Crippen LogP contribution is 2.16. The minimum absolute atomic E-state index is 0.135. The Bertz CT molecular complexity index is 262. The summed E-state index contributed by atoms with van der Waals surface area (Å²) in [6.07, 6.45) is 4.51. The van der Waals surface area contributed by atoms with Gasteiger partial charge in [0.2, 0.25) is 0 Å². The van der Waals surface area contributed by atoms with Crippen molar-refractivity contribution in [3.63, 3.8) is 0 Å². The second-order valence-corrected chi connectivity index (χ2v) is 3.99. The number of hydrogen-bond donors (Lipinski definition) is 1. The van der Waals surface area contributed by atoms with Gasteiger partial charge >= 0.3 is 0 Å². The Hall–Kier alpha value is -1.05. The van der Waals surface area contributed by atoms with Crippen molar-refractivity contribution in [1.82, 2.24) is 4.98 Å². The molecule has 0 saturated heterocycles. The molecule has 0 fully saturated rings. The van der Waals surface area contributed by atoms with Gasteiger partial charge in [0.05, 0.1) is 0 Å². The van der Waals surface area contributed by atoms with Crippen molar-refractivity contribution < 1.29 is 4.79 Å². The first-order chi connectivity index (χ1) is 6.11. The molecule has 0 spiro atoms. The number of carbonyl (C=O) groups is 1. The predicted octanol–water partition coefficient (Wildman–Crippen LogP) is 2.88. The Morgan fingerprint density at radius 2 is 2.15 bits per heavy atom. The van der Waals surface area contributed by atoms with Gasteiger partial charge in [0.15, 0.2) is 5.78 Å². The highest BCUT2D eigenvalue weighted by molar-refractivity contribution is 5.97. The lowest BCUT2D eigenvalue weighted by atomic mass is 9.92. The molecule has 1 N–H and O–H groups in total. The van der Waals surface area contributed by atoms with Gasteiger partial charge in [-0.05, 0) is 18.4 Å². The largest absolute Gasteiger partial charge is 0.367 e. The van der Waals surface area contributed by atoms with E-state index in [0.717, 1.165) is 12.0 Å². The summed E-state index contributed by atoms with van der Waals surface area (Å²) in [4.78, 5) is 14.6. The third-order valence-electron chi connectivity index (χ3n) is 2.16. The van der Waals surface area contributed by atoms with E-state index >= 15 is 0 Å². The highest BCUT2D eigenvalue weighted by Gasteiger charge is 2.16. The van der Waals surface area contributed by atoms with Crippen molar-refractivity contribution in [1.29, 1.82) is 0 Å². The molecule has 0 radical (unpaired) electrons. The van der Waals surface area contributed by atoms with Gasteiger partial charge in [0.1, 0.15) is 0 Å². The van der Waals surface area contributed by atoms with Crippen LogP contribution in [0.3, 0.4) is 0 Å². The summed E-state index contributed by atoms with van der Waals surface area (Å²) in [5.41, 5.74) is 0.799. The first-order valence-electron chi connectivity index (χ1n) is 4.78. The molecule has 1 heterocycles. The van der Waals surface area contributed by atoms with Crippen molar-refractivity contribution in [3.05, 3.63) is 24.0 Å². The van der Waals surface area contributed by atoms with E-state index in [1.165, 1.54) is 0 Å². The number of H-pyrrole nitrogens is 1. The van der Waals surface area contributed by atoms with Crippen LogP contribution in [0.1, 0.15) is 37.6 Å². The molecular weight excluding hydrogens is 162 g/mol. The molecule has 2 heteroatoms. The summed E-state index contributed by atoms with van der Waals surface area (Å²) in [6, 6.07) is 1.83. The van der Waals surface area contributed by atoms with Gasteiger partial charge in [0, 0.05) is 23.9 Å². The summed E-state index contributed by atoms with van der Waals surface area (Å²) in [6.45, 7) is 6.27. The minimum atomic E-state index is 0.135. The fourth-order valence-corrected chi connectivity index (χ4v) is 1.58. The van der Waals surface area contributed by atoms with Crippen molar-refractivity contribution in [3.8, 4) is 0 Å². The van der Waals surface area contributed by atoms with Gasteiger partial charge in [-0.3, -0.25) is 4.79 Å². The summed E-state index contributed by atoms with van der Waals surface area (Å²) in [7, 11) is 0. The standard InChI is InChI=1S/C11H17NO/c1-8(2)6-9(3)11(13)10-4-5-12-7-10/h4-5,7-9,12H,6H2,1-3H3. The lowest BCUT2D eigenvalue weighted by Crippen LogP contribution is -2.12. The number of Topliss-reactive ketones (excluding diaryl/α,β-unsaturated/α-hetero) is 1. The summed E-state index contributed by atoms with van der Waals surface area (Å²) in [5, 5.41) is 0. The zero-order valence-corrected chi connectivity index (χ0v) is 8.50. The van der Waals surface area contributed by atoms with Gasteiger partial charge < -0.3 is 4.98 Å². The lowest BCUT2D eigenvalue weighted by molar-refractivity contribution is 0.0915. The van der Waals surface area contributed by atoms with Crippen LogP contribution in [0, 0.1) is 11.8 Å². The average molecular weight is 179 g/mol. The number of ketones is 1. The second-order valence-electron chi connectivity index (χ2n) is 3.99. The fourth-order valence-electron chi connectivity index (χ4n) is 1.58. The van der Waals surface area contributed by atoms with Crippen LogP contribution in [-0.4, -0.2) is 10.8 Å². The van der Waals surface area contributed by atoms with Crippen molar-refractivity contribution in [2.45, 2.75) is 27.2 Å². The lowest BCUT2D eigenvalue weighted by Gasteiger charge is -2.11. The maximum absolute atomic E-state index is 11.7. The van der Waals surface area contributed by atoms with Crippen LogP contribution < -0.4 is 0 Å². The molecular formula is C11H17NO. The van der Waals surface area contributed by atoms with E-state index < -0.39 is 0 Å². The Morgan fingerprint density at radius 3 is 2.62 bits per heavy atom. The van der Waals surface area contributed by atoms with E-state index in [2.05, 4.69) is 18.8 Å². The number of aromatic amines is 1. The zero-order valence-electron chi connectivity index (χ0n) is 8.50. The van der Waals surface area contributed by atoms with Crippen LogP contribution in [0.5, 0.6) is 0 Å². The fraction of sp³-hybridized carbons (Fsp3) is 0.545. The zero-order chi connectivity index (χ0) is 9.84. The Balaban J connectivity index is 2.58. The predicted molar refractivity (Wildman–Crippen MR) is 53.7 cm³/mol. The molecule has 0 saturated carbocycles. The maximum atomic E-state index is 11.7. The molecule has 0 aliphatic carbocycles. The second kappa shape index (κ2) is 4.26. The first-order valence-corrected chi connectivity index (χ1v) is 4.78. The Kier molecular flexibility index (Phi) is 3.29. The number of rotatable bonds is 4. The van der Waals surface area contributed by atoms with Gasteiger partial charge in [-0.2, -0.15) is 0 Å². The molecule has 0 aliphatic rings. The SMILES string of the molecule is CC(C)CC(C)C(=O)c1cc[nH]c1.